The Kier molecular flexibility index (Phi) is 3.67. The molecule has 0 saturated heterocycles. The van der Waals surface area contributed by atoms with Crippen molar-refractivity contribution in [2.45, 2.75) is 0 Å². The summed E-state index contributed by atoms with van der Waals surface area (Å²) in [6.07, 6.45) is 1.69. The second-order valence-corrected chi connectivity index (χ2v) is 2.79. The van der Waals surface area contributed by atoms with Crippen LogP contribution in [0.1, 0.15) is 5.56 Å². The van der Waals surface area contributed by atoms with Crippen molar-refractivity contribution in [3.8, 4) is 5.75 Å². The molecule has 0 fully saturated rings. The molecule has 0 unspecified atom stereocenters. The van der Waals surface area contributed by atoms with Gasteiger partial charge in [0.15, 0.2) is 0 Å². The van der Waals surface area contributed by atoms with Gasteiger partial charge in [-0.2, -0.15) is 0 Å². The number of methoxy groups -OCH3 is 1. The highest BCUT2D eigenvalue weighted by atomic mass is 16.5. The zero-order chi connectivity index (χ0) is 10.4. The second-order valence-electron chi connectivity index (χ2n) is 2.79. The summed E-state index contributed by atoms with van der Waals surface area (Å²) < 4.78 is 5.14. The van der Waals surface area contributed by atoms with Crippen LogP contribution < -0.4 is 15.9 Å². The van der Waals surface area contributed by atoms with Crippen LogP contribution in [0.5, 0.6) is 5.75 Å². The Morgan fingerprint density at radius 1 is 1.57 bits per heavy atom. The van der Waals surface area contributed by atoms with E-state index in [-0.39, 0.29) is 0 Å². The summed E-state index contributed by atoms with van der Waals surface area (Å²) in [6, 6.07) is 7.60. The van der Waals surface area contributed by atoms with Crippen molar-refractivity contribution in [1.29, 1.82) is 0 Å². The lowest BCUT2D eigenvalue weighted by molar-refractivity contribution is -0.116. The first-order chi connectivity index (χ1) is 6.74. The molecule has 0 spiro atoms. The van der Waals surface area contributed by atoms with Gasteiger partial charge in [0, 0.05) is 11.8 Å². The van der Waals surface area contributed by atoms with Crippen molar-refractivity contribution in [3.05, 3.63) is 29.8 Å². The fourth-order valence-electron chi connectivity index (χ4n) is 1.02. The number of ether oxygens (including phenoxy) is 1. The minimum absolute atomic E-state index is 0.302. The molecule has 0 saturated carbocycles. The zero-order valence-corrected chi connectivity index (χ0v) is 8.10. The van der Waals surface area contributed by atoms with Crippen molar-refractivity contribution in [2.24, 2.45) is 10.7 Å². The number of hydrogen-bond donors (Lipinski definition) is 2. The number of nitrogens with two attached hydrogens (primary N) is 2. The smallest absolute Gasteiger partial charge is 0.260 e. The van der Waals surface area contributed by atoms with Gasteiger partial charge in [-0.1, -0.05) is 12.1 Å². The van der Waals surface area contributed by atoms with E-state index in [1.165, 1.54) is 0 Å². The van der Waals surface area contributed by atoms with Crippen LogP contribution in [0.2, 0.25) is 0 Å². The molecule has 74 valence electrons. The Morgan fingerprint density at radius 3 is 2.93 bits per heavy atom. The van der Waals surface area contributed by atoms with E-state index in [1.807, 2.05) is 24.3 Å². The maximum Gasteiger partial charge on any atom is 0.260 e. The van der Waals surface area contributed by atoms with Crippen LogP contribution in [-0.2, 0) is 0 Å². The molecule has 1 rings (SSSR count). The predicted octanol–water partition coefficient (Wildman–Crippen LogP) is -0.770. The molecule has 0 aliphatic heterocycles. The van der Waals surface area contributed by atoms with Gasteiger partial charge in [0.2, 0.25) is 0 Å². The fraction of sp³-hybridized carbons (Fsp3) is 0.200. The quantitative estimate of drug-likeness (QED) is 0.485. The second kappa shape index (κ2) is 5.01. The molecule has 1 aromatic carbocycles. The number of amidine groups is 1. The Bertz CT molecular complexity index is 347. The summed E-state index contributed by atoms with van der Waals surface area (Å²) in [5.41, 5.74) is 6.19. The molecule has 0 aromatic heterocycles. The normalized spacial score (nSPS) is 10.4. The van der Waals surface area contributed by atoms with Crippen LogP contribution >= 0.6 is 0 Å². The zero-order valence-electron chi connectivity index (χ0n) is 8.10. The van der Waals surface area contributed by atoms with Gasteiger partial charge in [-0.3, -0.25) is 16.1 Å². The van der Waals surface area contributed by atoms with Gasteiger partial charge in [-0.25, -0.2) is 0 Å². The van der Waals surface area contributed by atoms with E-state index in [0.29, 0.717) is 12.4 Å². The molecule has 0 aliphatic carbocycles. The van der Waals surface area contributed by atoms with Gasteiger partial charge in [0.25, 0.3) is 5.84 Å². The minimum atomic E-state index is 0.302. The molecule has 14 heavy (non-hydrogen) atoms. The highest BCUT2D eigenvalue weighted by molar-refractivity contribution is 5.86. The van der Waals surface area contributed by atoms with Gasteiger partial charge in [0.1, 0.15) is 12.3 Å². The number of aliphatic imine (C=N–C) groups is 1. The summed E-state index contributed by atoms with van der Waals surface area (Å²) in [4.78, 5) is 4.06. The predicted molar refractivity (Wildman–Crippen MR) is 56.6 cm³/mol. The maximum atomic E-state index is 5.28. The van der Waals surface area contributed by atoms with E-state index in [0.717, 1.165) is 11.3 Å². The average molecular weight is 192 g/mol. The molecule has 4 heteroatoms. The molecular formula is C10H14N3O+. The summed E-state index contributed by atoms with van der Waals surface area (Å²) in [5.74, 6) is 1.09. The summed E-state index contributed by atoms with van der Waals surface area (Å²) in [5, 5.41) is 5.28. The van der Waals surface area contributed by atoms with E-state index < -0.39 is 0 Å². The van der Waals surface area contributed by atoms with Crippen molar-refractivity contribution in [2.75, 3.05) is 13.7 Å². The lowest BCUT2D eigenvalue weighted by Crippen LogP contribution is -2.47. The number of benzene rings is 1. The largest absolute Gasteiger partial charge is 0.496 e. The average Bonchev–Trinajstić information content (AvgIpc) is 2.18. The SMILES string of the molecule is COc1ccccc1C=NCC(N)=[NH2+]. The molecule has 4 N–H and O–H groups in total. The van der Waals surface area contributed by atoms with E-state index >= 15 is 0 Å². The summed E-state index contributed by atoms with van der Waals surface area (Å²) >= 11 is 0. The molecule has 4 nitrogen and oxygen atoms in total. The van der Waals surface area contributed by atoms with E-state index in [4.69, 9.17) is 15.9 Å². The molecule has 0 bridgehead atoms. The van der Waals surface area contributed by atoms with E-state index in [1.54, 1.807) is 13.3 Å². The maximum absolute atomic E-state index is 5.28. The third-order valence-corrected chi connectivity index (χ3v) is 1.64. The summed E-state index contributed by atoms with van der Waals surface area (Å²) in [7, 11) is 1.62. The first kappa shape index (κ1) is 10.2. The van der Waals surface area contributed by atoms with Gasteiger partial charge >= 0.3 is 0 Å². The summed E-state index contributed by atoms with van der Waals surface area (Å²) in [6.45, 7) is 0.331. The molecule has 0 atom stereocenters. The third kappa shape index (κ3) is 2.90. The van der Waals surface area contributed by atoms with Gasteiger partial charge in [-0.15, -0.1) is 0 Å². The van der Waals surface area contributed by atoms with Crippen LogP contribution in [-0.4, -0.2) is 25.7 Å². The first-order valence-corrected chi connectivity index (χ1v) is 4.23. The highest BCUT2D eigenvalue weighted by Crippen LogP contribution is 2.14. The minimum Gasteiger partial charge on any atom is -0.496 e. The van der Waals surface area contributed by atoms with Crippen LogP contribution in [0, 0.1) is 0 Å². The number of nitrogens with zero attached hydrogens (tertiary/aromatic N) is 1. The topological polar surface area (TPSA) is 73.2 Å². The number of para-hydroxylation sites is 1. The third-order valence-electron chi connectivity index (χ3n) is 1.64. The van der Waals surface area contributed by atoms with E-state index in [9.17, 15) is 0 Å². The molecule has 0 aliphatic rings. The lowest BCUT2D eigenvalue weighted by Gasteiger charge is -2.02. The molecule has 0 heterocycles. The van der Waals surface area contributed by atoms with Gasteiger partial charge in [0.05, 0.1) is 7.11 Å². The van der Waals surface area contributed by atoms with Crippen LogP contribution in [0.3, 0.4) is 0 Å². The van der Waals surface area contributed by atoms with Crippen molar-refractivity contribution < 1.29 is 10.1 Å². The Labute approximate surface area is 82.9 Å². The van der Waals surface area contributed by atoms with Crippen molar-refractivity contribution in [3.63, 3.8) is 0 Å². The van der Waals surface area contributed by atoms with E-state index in [2.05, 4.69) is 4.99 Å². The van der Waals surface area contributed by atoms with Gasteiger partial charge < -0.3 is 4.74 Å². The molecule has 0 radical (unpaired) electrons. The van der Waals surface area contributed by atoms with Crippen molar-refractivity contribution in [1.82, 2.24) is 0 Å². The molecule has 1 aromatic rings. The number of rotatable bonds is 4. The van der Waals surface area contributed by atoms with Crippen LogP contribution in [0.25, 0.3) is 0 Å². The molecular weight excluding hydrogens is 178 g/mol. The Balaban J connectivity index is 2.75. The Hall–Kier alpha value is -1.84. The highest BCUT2D eigenvalue weighted by Gasteiger charge is 1.97. The van der Waals surface area contributed by atoms with Gasteiger partial charge in [-0.05, 0) is 12.1 Å². The standard InChI is InChI=1S/C10H13N3O/c1-14-9-5-3-2-4-8(9)6-13-7-10(11)12/h2-6H,7H2,1H3,(H3,11,12)/p+1. The van der Waals surface area contributed by atoms with Crippen LogP contribution in [0.15, 0.2) is 29.3 Å². The van der Waals surface area contributed by atoms with Crippen LogP contribution in [0.4, 0.5) is 0 Å². The Morgan fingerprint density at radius 2 is 2.29 bits per heavy atom. The lowest BCUT2D eigenvalue weighted by atomic mass is 10.2. The number of hydrogen-bond acceptors (Lipinski definition) is 2. The fourth-order valence-corrected chi connectivity index (χ4v) is 1.02. The molecule has 0 amide bonds. The van der Waals surface area contributed by atoms with Crippen molar-refractivity contribution >= 4 is 12.1 Å². The first-order valence-electron chi connectivity index (χ1n) is 4.23. The monoisotopic (exact) mass is 192 g/mol.